The van der Waals surface area contributed by atoms with E-state index in [0.717, 1.165) is 44.5 Å². The molecule has 0 bridgehead atoms. The molecule has 1 fully saturated rings. The number of sulfonamides is 2. The Balaban J connectivity index is 1.39. The monoisotopic (exact) mass is 603 g/mol. The van der Waals surface area contributed by atoms with Crippen molar-refractivity contribution >= 4 is 31.6 Å². The Kier molecular flexibility index (Phi) is 10.4. The molecule has 1 aliphatic heterocycles. The minimum atomic E-state index is -3.60. The maximum Gasteiger partial charge on any atom is 0.243 e. The minimum absolute atomic E-state index is 0.0276. The predicted molar refractivity (Wildman–Crippen MR) is 161 cm³/mol. The highest BCUT2D eigenvalue weighted by atomic mass is 35.5. The summed E-state index contributed by atoms with van der Waals surface area (Å²) in [4.78, 5) is 2.92. The first-order valence-corrected chi connectivity index (χ1v) is 16.9. The Morgan fingerprint density at radius 1 is 0.825 bits per heavy atom. The van der Waals surface area contributed by atoms with E-state index in [4.69, 9.17) is 11.6 Å². The average molecular weight is 604 g/mol. The van der Waals surface area contributed by atoms with Crippen LogP contribution < -0.4 is 0 Å². The SMILES string of the molecule is CCN(C1CCN(CCC(CN(C)S(=O)(=O)c2ccccc2)c2ccccc2)CC1)S(=O)(=O)c1ccc(Cl)cc1. The van der Waals surface area contributed by atoms with Crippen LogP contribution in [0.1, 0.15) is 37.7 Å². The van der Waals surface area contributed by atoms with E-state index in [1.165, 1.54) is 4.31 Å². The third-order valence-corrected chi connectivity index (χ3v) is 11.8. The summed E-state index contributed by atoms with van der Waals surface area (Å²) in [5, 5.41) is 0.507. The van der Waals surface area contributed by atoms with Gasteiger partial charge in [0.1, 0.15) is 0 Å². The summed E-state index contributed by atoms with van der Waals surface area (Å²) in [6, 6.07) is 24.9. The van der Waals surface area contributed by atoms with E-state index in [0.29, 0.717) is 23.0 Å². The van der Waals surface area contributed by atoms with Gasteiger partial charge in [0, 0.05) is 31.2 Å². The van der Waals surface area contributed by atoms with E-state index in [1.807, 2.05) is 31.2 Å². The molecule has 40 heavy (non-hydrogen) atoms. The second-order valence-electron chi connectivity index (χ2n) is 10.2. The van der Waals surface area contributed by atoms with Crippen LogP contribution >= 0.6 is 11.6 Å². The van der Waals surface area contributed by atoms with Gasteiger partial charge in [-0.2, -0.15) is 4.31 Å². The highest BCUT2D eigenvalue weighted by Crippen LogP contribution is 2.28. The fraction of sp³-hybridized carbons (Fsp3) is 0.400. The smallest absolute Gasteiger partial charge is 0.243 e. The first kappa shape index (κ1) is 30.7. The van der Waals surface area contributed by atoms with Gasteiger partial charge in [0.15, 0.2) is 0 Å². The molecule has 216 valence electrons. The van der Waals surface area contributed by atoms with Crippen LogP contribution in [0.15, 0.2) is 94.7 Å². The lowest BCUT2D eigenvalue weighted by Gasteiger charge is -2.38. The van der Waals surface area contributed by atoms with Gasteiger partial charge >= 0.3 is 0 Å². The third kappa shape index (κ3) is 7.32. The molecule has 3 aromatic rings. The van der Waals surface area contributed by atoms with Crippen LogP contribution in [0, 0.1) is 0 Å². The van der Waals surface area contributed by atoms with Crippen molar-refractivity contribution in [3.63, 3.8) is 0 Å². The van der Waals surface area contributed by atoms with Crippen molar-refractivity contribution in [1.82, 2.24) is 13.5 Å². The minimum Gasteiger partial charge on any atom is -0.303 e. The molecule has 0 aliphatic carbocycles. The molecule has 10 heteroatoms. The molecule has 0 aromatic heterocycles. The quantitative estimate of drug-likeness (QED) is 0.280. The number of likely N-dealkylation sites (tertiary alicyclic amines) is 1. The van der Waals surface area contributed by atoms with Crippen LogP contribution in [0.5, 0.6) is 0 Å². The molecular weight excluding hydrogens is 566 g/mol. The molecule has 0 saturated carbocycles. The Hall–Kier alpha value is -2.27. The van der Waals surface area contributed by atoms with E-state index in [2.05, 4.69) is 17.0 Å². The second-order valence-corrected chi connectivity index (χ2v) is 14.6. The summed E-state index contributed by atoms with van der Waals surface area (Å²) in [6.07, 6.45) is 2.29. The van der Waals surface area contributed by atoms with Crippen LogP contribution in [0.25, 0.3) is 0 Å². The average Bonchev–Trinajstić information content (AvgIpc) is 2.97. The van der Waals surface area contributed by atoms with Crippen LogP contribution in [0.4, 0.5) is 0 Å². The van der Waals surface area contributed by atoms with Gasteiger partial charge in [-0.15, -0.1) is 0 Å². The summed E-state index contributed by atoms with van der Waals surface area (Å²) in [6.45, 7) is 5.05. The summed E-state index contributed by atoms with van der Waals surface area (Å²) >= 11 is 5.96. The zero-order chi connectivity index (χ0) is 28.8. The molecule has 0 spiro atoms. The molecule has 0 radical (unpaired) electrons. The molecule has 0 N–H and O–H groups in total. The normalized spacial score (nSPS) is 16.4. The fourth-order valence-electron chi connectivity index (χ4n) is 5.41. The van der Waals surface area contributed by atoms with Gasteiger partial charge in [0.05, 0.1) is 9.79 Å². The second kappa shape index (κ2) is 13.6. The highest BCUT2D eigenvalue weighted by molar-refractivity contribution is 7.89. The predicted octanol–water partition coefficient (Wildman–Crippen LogP) is 5.31. The lowest BCUT2D eigenvalue weighted by Crippen LogP contribution is -2.47. The third-order valence-electron chi connectivity index (χ3n) is 7.69. The molecule has 7 nitrogen and oxygen atoms in total. The number of rotatable bonds is 12. The summed E-state index contributed by atoms with van der Waals surface area (Å²) in [5.74, 6) is 0.0276. The molecule has 1 atom stereocenters. The van der Waals surface area contributed by atoms with E-state index in [9.17, 15) is 16.8 Å². The first-order valence-electron chi connectivity index (χ1n) is 13.7. The van der Waals surface area contributed by atoms with Crippen molar-refractivity contribution in [1.29, 1.82) is 0 Å². The van der Waals surface area contributed by atoms with E-state index in [1.54, 1.807) is 59.9 Å². The molecular formula is C30H38ClN3O4S2. The largest absolute Gasteiger partial charge is 0.303 e. The fourth-order valence-corrected chi connectivity index (χ4v) is 8.46. The molecule has 1 heterocycles. The zero-order valence-electron chi connectivity index (χ0n) is 23.1. The van der Waals surface area contributed by atoms with Gasteiger partial charge in [0.25, 0.3) is 0 Å². The van der Waals surface area contributed by atoms with Crippen molar-refractivity contribution in [2.45, 2.75) is 47.9 Å². The topological polar surface area (TPSA) is 78.0 Å². The standard InChI is InChI=1S/C30H38ClN3O4S2/c1-3-34(40(37,38)30-16-14-27(31)15-17-30)28-19-22-33(23-20-28)21-18-26(25-10-6-4-7-11-25)24-32(2)39(35,36)29-12-8-5-9-13-29/h4-17,26,28H,3,18-24H2,1-2H3. The van der Waals surface area contributed by atoms with Gasteiger partial charge in [-0.1, -0.05) is 67.1 Å². The van der Waals surface area contributed by atoms with Gasteiger partial charge < -0.3 is 4.90 Å². The number of hydrogen-bond acceptors (Lipinski definition) is 5. The Morgan fingerprint density at radius 3 is 1.95 bits per heavy atom. The van der Waals surface area contributed by atoms with Gasteiger partial charge in [0.2, 0.25) is 20.0 Å². The number of likely N-dealkylation sites (N-methyl/N-ethyl adjacent to an activating group) is 1. The van der Waals surface area contributed by atoms with Crippen molar-refractivity contribution in [3.05, 3.63) is 95.5 Å². The lowest BCUT2D eigenvalue weighted by molar-refractivity contribution is 0.156. The maximum atomic E-state index is 13.3. The highest BCUT2D eigenvalue weighted by Gasteiger charge is 2.33. The molecule has 1 unspecified atom stereocenters. The number of nitrogens with zero attached hydrogens (tertiary/aromatic N) is 3. The molecule has 4 rings (SSSR count). The molecule has 0 amide bonds. The lowest BCUT2D eigenvalue weighted by atomic mass is 9.94. The van der Waals surface area contributed by atoms with Gasteiger partial charge in [-0.3, -0.25) is 0 Å². The van der Waals surface area contributed by atoms with Gasteiger partial charge in [-0.25, -0.2) is 21.1 Å². The van der Waals surface area contributed by atoms with Crippen LogP contribution in [-0.2, 0) is 20.0 Å². The first-order chi connectivity index (χ1) is 19.1. The van der Waals surface area contributed by atoms with E-state index >= 15 is 0 Å². The van der Waals surface area contributed by atoms with Crippen molar-refractivity contribution in [2.24, 2.45) is 0 Å². The van der Waals surface area contributed by atoms with E-state index < -0.39 is 20.0 Å². The molecule has 3 aromatic carbocycles. The number of piperidine rings is 1. The summed E-state index contributed by atoms with van der Waals surface area (Å²) < 4.78 is 56.1. The maximum absolute atomic E-state index is 13.3. The van der Waals surface area contributed by atoms with Crippen molar-refractivity contribution in [2.75, 3.05) is 39.8 Å². The molecule has 1 aliphatic rings. The number of halogens is 1. The van der Waals surface area contributed by atoms with Crippen LogP contribution in [0.3, 0.4) is 0 Å². The molecule has 1 saturated heterocycles. The Labute approximate surface area is 244 Å². The Morgan fingerprint density at radius 2 is 1.38 bits per heavy atom. The van der Waals surface area contributed by atoms with Crippen molar-refractivity contribution < 1.29 is 16.8 Å². The van der Waals surface area contributed by atoms with Crippen LogP contribution in [-0.4, -0.2) is 76.2 Å². The number of hydrogen-bond donors (Lipinski definition) is 0. The van der Waals surface area contributed by atoms with Crippen LogP contribution in [0.2, 0.25) is 5.02 Å². The summed E-state index contributed by atoms with van der Waals surface area (Å²) in [7, 11) is -5.55. The summed E-state index contributed by atoms with van der Waals surface area (Å²) in [5.41, 5.74) is 1.11. The number of benzene rings is 3. The Bertz CT molecular complexity index is 1430. The van der Waals surface area contributed by atoms with Crippen molar-refractivity contribution in [3.8, 4) is 0 Å². The van der Waals surface area contributed by atoms with E-state index in [-0.39, 0.29) is 16.9 Å². The zero-order valence-corrected chi connectivity index (χ0v) is 25.5. The van der Waals surface area contributed by atoms with Gasteiger partial charge in [-0.05, 0) is 86.8 Å².